The number of hydrogen-bond donors (Lipinski definition) is 2. The Bertz CT molecular complexity index is 752. The number of fused-ring (bicyclic) bond motifs is 4. The summed E-state index contributed by atoms with van der Waals surface area (Å²) in [5.74, 6) is 0.379. The summed E-state index contributed by atoms with van der Waals surface area (Å²) >= 11 is 0. The summed E-state index contributed by atoms with van der Waals surface area (Å²) in [6.45, 7) is 5.39. The van der Waals surface area contributed by atoms with Crippen molar-refractivity contribution in [3.63, 3.8) is 0 Å². The van der Waals surface area contributed by atoms with Crippen molar-refractivity contribution in [2.75, 3.05) is 6.61 Å². The lowest BCUT2D eigenvalue weighted by Gasteiger charge is -2.59. The number of esters is 1. The van der Waals surface area contributed by atoms with E-state index in [1.165, 1.54) is 6.92 Å². The van der Waals surface area contributed by atoms with Crippen molar-refractivity contribution < 1.29 is 29.3 Å². The van der Waals surface area contributed by atoms with Crippen LogP contribution in [0.1, 0.15) is 72.1 Å². The zero-order valence-electron chi connectivity index (χ0n) is 17.8. The Morgan fingerprint density at radius 1 is 1.07 bits per heavy atom. The topological polar surface area (TPSA) is 96.4 Å². The Morgan fingerprint density at radius 2 is 1.72 bits per heavy atom. The van der Waals surface area contributed by atoms with Gasteiger partial charge in [-0.1, -0.05) is 13.8 Å². The van der Waals surface area contributed by atoms with Gasteiger partial charge in [0.2, 0.25) is 5.78 Å². The second-order valence-corrected chi connectivity index (χ2v) is 11.0. The van der Waals surface area contributed by atoms with E-state index in [0.717, 1.165) is 44.9 Å². The van der Waals surface area contributed by atoms with Gasteiger partial charge in [-0.25, -0.2) is 0 Å². The summed E-state index contributed by atoms with van der Waals surface area (Å²) in [5.41, 5.74) is -1.98. The molecule has 29 heavy (non-hydrogen) atoms. The van der Waals surface area contributed by atoms with E-state index in [1.54, 1.807) is 0 Å². The molecule has 4 saturated carbocycles. The lowest BCUT2D eigenvalue weighted by Crippen LogP contribution is -2.61. The highest BCUT2D eigenvalue weighted by Gasteiger charge is 2.77. The number of epoxide rings is 1. The molecule has 0 aromatic rings. The van der Waals surface area contributed by atoms with Crippen LogP contribution in [0.5, 0.6) is 0 Å². The molecule has 0 aromatic carbocycles. The normalized spacial score (nSPS) is 55.1. The smallest absolute Gasteiger partial charge is 0.303 e. The van der Waals surface area contributed by atoms with Gasteiger partial charge in [-0.05, 0) is 62.7 Å². The van der Waals surface area contributed by atoms with Gasteiger partial charge >= 0.3 is 5.97 Å². The van der Waals surface area contributed by atoms with E-state index in [9.17, 15) is 19.8 Å². The molecule has 5 aliphatic rings. The Kier molecular flexibility index (Phi) is 4.16. The molecule has 0 amide bonds. The molecule has 5 rings (SSSR count). The summed E-state index contributed by atoms with van der Waals surface area (Å²) in [6.07, 6.45) is 6.57. The molecule has 9 atom stereocenters. The number of carbonyl (C=O) groups excluding carboxylic acids is 2. The van der Waals surface area contributed by atoms with Crippen LogP contribution in [0.2, 0.25) is 0 Å². The average molecular weight is 407 g/mol. The van der Waals surface area contributed by atoms with Crippen LogP contribution in [0.25, 0.3) is 0 Å². The van der Waals surface area contributed by atoms with E-state index >= 15 is 0 Å². The zero-order valence-corrected chi connectivity index (χ0v) is 17.8. The van der Waals surface area contributed by atoms with Gasteiger partial charge < -0.3 is 19.7 Å². The van der Waals surface area contributed by atoms with Gasteiger partial charge in [0.25, 0.3) is 0 Å². The fraction of sp³-hybridized carbons (Fsp3) is 0.913. The second-order valence-electron chi connectivity index (χ2n) is 11.0. The Labute approximate surface area is 172 Å². The Hall–Kier alpha value is -0.980. The molecule has 0 bridgehead atoms. The fourth-order valence-corrected chi connectivity index (χ4v) is 8.42. The third-order valence-electron chi connectivity index (χ3n) is 10.1. The molecule has 0 aromatic heterocycles. The Balaban J connectivity index is 1.42. The molecule has 1 heterocycles. The highest BCUT2D eigenvalue weighted by Crippen LogP contribution is 2.74. The molecule has 2 N–H and O–H groups in total. The molecule has 6 heteroatoms. The van der Waals surface area contributed by atoms with Gasteiger partial charge in [0.05, 0.1) is 12.2 Å². The molecule has 1 aliphatic heterocycles. The lowest BCUT2D eigenvalue weighted by molar-refractivity contribution is -0.173. The highest BCUT2D eigenvalue weighted by atomic mass is 16.6. The van der Waals surface area contributed by atoms with Gasteiger partial charge in [0.15, 0.2) is 6.61 Å². The van der Waals surface area contributed by atoms with Gasteiger partial charge in [0, 0.05) is 24.2 Å². The summed E-state index contributed by atoms with van der Waals surface area (Å²) in [5, 5.41) is 21.8. The number of rotatable bonds is 3. The van der Waals surface area contributed by atoms with Crippen LogP contribution in [-0.4, -0.2) is 52.0 Å². The van der Waals surface area contributed by atoms with Crippen molar-refractivity contribution >= 4 is 11.8 Å². The highest BCUT2D eigenvalue weighted by molar-refractivity contribution is 5.90. The molecule has 162 valence electrons. The first-order valence-corrected chi connectivity index (χ1v) is 11.3. The van der Waals surface area contributed by atoms with E-state index in [-0.39, 0.29) is 41.5 Å². The van der Waals surface area contributed by atoms with Crippen LogP contribution in [0, 0.1) is 28.6 Å². The quantitative estimate of drug-likeness (QED) is 0.552. The SMILES string of the molecule is CC(=O)OCC(=O)C1(O)CCC2C3C[C@@H]4O[C@@]45CC(O)CCC5(C)C3CCC21C. The van der Waals surface area contributed by atoms with Crippen molar-refractivity contribution in [1.29, 1.82) is 0 Å². The molecule has 0 radical (unpaired) electrons. The first-order valence-electron chi connectivity index (χ1n) is 11.3. The fourth-order valence-electron chi connectivity index (χ4n) is 8.42. The van der Waals surface area contributed by atoms with Crippen LogP contribution in [0.3, 0.4) is 0 Å². The maximum absolute atomic E-state index is 12.9. The van der Waals surface area contributed by atoms with Gasteiger partial charge in [-0.3, -0.25) is 9.59 Å². The van der Waals surface area contributed by atoms with Crippen molar-refractivity contribution in [2.24, 2.45) is 28.6 Å². The van der Waals surface area contributed by atoms with E-state index in [1.807, 2.05) is 0 Å². The van der Waals surface area contributed by atoms with Crippen LogP contribution in [0.4, 0.5) is 0 Å². The summed E-state index contributed by atoms with van der Waals surface area (Å²) < 4.78 is 11.3. The van der Waals surface area contributed by atoms with Crippen LogP contribution >= 0.6 is 0 Å². The molecule has 7 unspecified atom stereocenters. The number of ether oxygens (including phenoxy) is 2. The summed E-state index contributed by atoms with van der Waals surface area (Å²) in [4.78, 5) is 24.1. The third kappa shape index (κ3) is 2.40. The molecule has 5 fully saturated rings. The number of ketones is 1. The molecular weight excluding hydrogens is 372 g/mol. The molecule has 4 aliphatic carbocycles. The summed E-state index contributed by atoms with van der Waals surface area (Å²) in [6, 6.07) is 0. The van der Waals surface area contributed by atoms with E-state index in [4.69, 9.17) is 9.47 Å². The van der Waals surface area contributed by atoms with E-state index < -0.39 is 17.0 Å². The lowest BCUT2D eigenvalue weighted by atomic mass is 9.44. The molecule has 1 saturated heterocycles. The van der Waals surface area contributed by atoms with E-state index in [0.29, 0.717) is 18.3 Å². The minimum atomic E-state index is -1.42. The monoisotopic (exact) mass is 406 g/mol. The van der Waals surface area contributed by atoms with Crippen molar-refractivity contribution in [1.82, 2.24) is 0 Å². The first-order chi connectivity index (χ1) is 13.6. The maximum atomic E-state index is 12.9. The number of aliphatic hydroxyl groups is 2. The standard InChI is InChI=1S/C23H34O6/c1-13(24)28-12-18(26)22(27)9-6-16-15-10-19-23(29-19)11-14(25)4-7-21(23,3)17(15)5-8-20(16,22)2/h14-17,19,25,27H,4-12H2,1-3H3/t14?,15?,16?,17?,19-,20?,21?,22?,23-/m0/s1. The van der Waals surface area contributed by atoms with Crippen LogP contribution in [0.15, 0.2) is 0 Å². The number of aliphatic hydroxyl groups excluding tert-OH is 1. The Morgan fingerprint density at radius 3 is 2.45 bits per heavy atom. The third-order valence-corrected chi connectivity index (χ3v) is 10.1. The van der Waals surface area contributed by atoms with Crippen molar-refractivity contribution in [3.8, 4) is 0 Å². The maximum Gasteiger partial charge on any atom is 0.303 e. The number of carbonyl (C=O) groups is 2. The van der Waals surface area contributed by atoms with Crippen LogP contribution in [-0.2, 0) is 19.1 Å². The number of Topliss-reactive ketones (excluding diaryl/α,β-unsaturated/α-hetero) is 1. The minimum absolute atomic E-state index is 0.0730. The predicted octanol–water partition coefficient (Wildman–Crippen LogP) is 2.38. The average Bonchev–Trinajstić information content (AvgIpc) is 3.28. The second kappa shape index (κ2) is 6.04. The van der Waals surface area contributed by atoms with E-state index in [2.05, 4.69) is 13.8 Å². The predicted molar refractivity (Wildman–Crippen MR) is 104 cm³/mol. The van der Waals surface area contributed by atoms with Crippen molar-refractivity contribution in [2.45, 2.75) is 95.5 Å². The molecule has 1 spiro atoms. The van der Waals surface area contributed by atoms with Crippen LogP contribution < -0.4 is 0 Å². The molecule has 6 nitrogen and oxygen atoms in total. The zero-order chi connectivity index (χ0) is 20.8. The molecular formula is C23H34O6. The number of hydrogen-bond acceptors (Lipinski definition) is 6. The van der Waals surface area contributed by atoms with Gasteiger partial charge in [0.1, 0.15) is 11.2 Å². The largest absolute Gasteiger partial charge is 0.458 e. The van der Waals surface area contributed by atoms with Crippen molar-refractivity contribution in [3.05, 3.63) is 0 Å². The summed E-state index contributed by atoms with van der Waals surface area (Å²) in [7, 11) is 0. The first kappa shape index (κ1) is 20.0. The van der Waals surface area contributed by atoms with Gasteiger partial charge in [-0.15, -0.1) is 0 Å². The minimum Gasteiger partial charge on any atom is -0.458 e. The van der Waals surface area contributed by atoms with Gasteiger partial charge in [-0.2, -0.15) is 0 Å².